The summed E-state index contributed by atoms with van der Waals surface area (Å²) in [6, 6.07) is 11.8. The van der Waals surface area contributed by atoms with Crippen LogP contribution in [0.5, 0.6) is 11.5 Å². The van der Waals surface area contributed by atoms with Gasteiger partial charge in [-0.25, -0.2) is 0 Å². The highest BCUT2D eigenvalue weighted by Gasteiger charge is 2.50. The smallest absolute Gasteiger partial charge is 0.180 e. The van der Waals surface area contributed by atoms with E-state index in [1.165, 1.54) is 38.5 Å². The maximum absolute atomic E-state index is 6.67. The SMILES string of the molecule is CCOc1cc(CNC23CC4CC(CC(C4)C2)C3)cc(Cl)c1OCc1ccccc1Cl. The summed E-state index contributed by atoms with van der Waals surface area (Å²) in [5.41, 5.74) is 2.40. The molecule has 31 heavy (non-hydrogen) atoms. The molecule has 0 amide bonds. The van der Waals surface area contributed by atoms with Crippen LogP contribution in [-0.4, -0.2) is 12.1 Å². The molecule has 4 saturated carbocycles. The number of hydrogen-bond donors (Lipinski definition) is 1. The summed E-state index contributed by atoms with van der Waals surface area (Å²) in [7, 11) is 0. The average Bonchev–Trinajstić information content (AvgIpc) is 2.72. The van der Waals surface area contributed by atoms with Crippen molar-refractivity contribution in [3.63, 3.8) is 0 Å². The number of halogens is 2. The van der Waals surface area contributed by atoms with Crippen molar-refractivity contribution in [3.05, 3.63) is 57.6 Å². The van der Waals surface area contributed by atoms with Crippen LogP contribution in [0.1, 0.15) is 56.6 Å². The van der Waals surface area contributed by atoms with E-state index in [1.54, 1.807) is 0 Å². The summed E-state index contributed by atoms with van der Waals surface area (Å²) in [4.78, 5) is 0. The van der Waals surface area contributed by atoms with E-state index in [-0.39, 0.29) is 0 Å². The predicted molar refractivity (Wildman–Crippen MR) is 126 cm³/mol. The number of hydrogen-bond acceptors (Lipinski definition) is 3. The normalized spacial score (nSPS) is 28.7. The highest BCUT2D eigenvalue weighted by Crippen LogP contribution is 2.55. The summed E-state index contributed by atoms with van der Waals surface area (Å²) >= 11 is 12.9. The number of rotatable bonds is 8. The van der Waals surface area contributed by atoms with Gasteiger partial charge < -0.3 is 14.8 Å². The van der Waals surface area contributed by atoms with Gasteiger partial charge >= 0.3 is 0 Å². The van der Waals surface area contributed by atoms with E-state index in [4.69, 9.17) is 32.7 Å². The van der Waals surface area contributed by atoms with Gasteiger partial charge in [-0.15, -0.1) is 0 Å². The van der Waals surface area contributed by atoms with Crippen molar-refractivity contribution >= 4 is 23.2 Å². The molecule has 4 fully saturated rings. The Kier molecular flexibility index (Phi) is 6.11. The molecule has 0 aliphatic heterocycles. The van der Waals surface area contributed by atoms with E-state index in [0.717, 1.165) is 35.4 Å². The molecule has 4 aliphatic carbocycles. The van der Waals surface area contributed by atoms with Gasteiger partial charge in [-0.3, -0.25) is 0 Å². The number of ether oxygens (including phenoxy) is 2. The summed E-state index contributed by atoms with van der Waals surface area (Å²) in [5.74, 6) is 4.08. The molecular weight excluding hydrogens is 429 g/mol. The Balaban J connectivity index is 1.30. The molecule has 3 nitrogen and oxygen atoms in total. The Morgan fingerprint density at radius 1 is 0.935 bits per heavy atom. The van der Waals surface area contributed by atoms with Crippen LogP contribution in [0.25, 0.3) is 0 Å². The standard InChI is InChI=1S/C26H31Cl2NO2/c1-2-30-24-11-20(10-23(28)25(24)31-16-21-5-3-4-6-22(21)27)15-29-26-12-17-7-18(13-26)9-19(8-17)14-26/h3-6,10-11,17-19,29H,2,7-9,12-16H2,1H3. The molecule has 2 aromatic carbocycles. The summed E-state index contributed by atoms with van der Waals surface area (Å²) in [6.07, 6.45) is 8.38. The van der Waals surface area contributed by atoms with Crippen molar-refractivity contribution in [1.29, 1.82) is 0 Å². The van der Waals surface area contributed by atoms with Crippen molar-refractivity contribution in [1.82, 2.24) is 5.32 Å². The van der Waals surface area contributed by atoms with Crippen LogP contribution in [-0.2, 0) is 13.2 Å². The van der Waals surface area contributed by atoms with Gasteiger partial charge in [-0.05, 0) is 87.0 Å². The molecule has 0 radical (unpaired) electrons. The fourth-order valence-electron chi connectivity index (χ4n) is 6.51. The fourth-order valence-corrected chi connectivity index (χ4v) is 6.99. The average molecular weight is 460 g/mol. The molecule has 1 N–H and O–H groups in total. The minimum atomic E-state index is 0.326. The first-order valence-electron chi connectivity index (χ1n) is 11.6. The van der Waals surface area contributed by atoms with Crippen LogP contribution in [0.15, 0.2) is 36.4 Å². The lowest BCUT2D eigenvalue weighted by molar-refractivity contribution is -0.0206. The van der Waals surface area contributed by atoms with Crippen LogP contribution in [0.2, 0.25) is 10.0 Å². The lowest BCUT2D eigenvalue weighted by Crippen LogP contribution is -2.58. The first-order valence-corrected chi connectivity index (χ1v) is 12.4. The van der Waals surface area contributed by atoms with Crippen LogP contribution in [0.3, 0.4) is 0 Å². The second-order valence-corrected chi connectivity index (χ2v) is 10.6. The Bertz CT molecular complexity index is 910. The van der Waals surface area contributed by atoms with Gasteiger partial charge in [0.05, 0.1) is 11.6 Å². The van der Waals surface area contributed by atoms with Crippen LogP contribution in [0.4, 0.5) is 0 Å². The Morgan fingerprint density at radius 3 is 2.26 bits per heavy atom. The molecule has 166 valence electrons. The molecular formula is C26H31Cl2NO2. The van der Waals surface area contributed by atoms with E-state index >= 15 is 0 Å². The Morgan fingerprint density at radius 2 is 1.61 bits per heavy atom. The second kappa shape index (κ2) is 8.84. The molecule has 0 unspecified atom stereocenters. The number of nitrogens with one attached hydrogen (secondary N) is 1. The topological polar surface area (TPSA) is 30.5 Å². The quantitative estimate of drug-likeness (QED) is 0.459. The second-order valence-electron chi connectivity index (χ2n) is 9.77. The first-order chi connectivity index (χ1) is 15.0. The molecule has 4 aliphatic rings. The van der Waals surface area contributed by atoms with Crippen LogP contribution >= 0.6 is 23.2 Å². The van der Waals surface area contributed by atoms with Crippen molar-refractivity contribution in [3.8, 4) is 11.5 Å². The van der Waals surface area contributed by atoms with E-state index in [9.17, 15) is 0 Å². The minimum Gasteiger partial charge on any atom is -0.490 e. The zero-order valence-electron chi connectivity index (χ0n) is 18.1. The molecule has 0 aromatic heterocycles. The maximum atomic E-state index is 6.67. The maximum Gasteiger partial charge on any atom is 0.180 e. The van der Waals surface area contributed by atoms with Gasteiger partial charge in [-0.2, -0.15) is 0 Å². The lowest BCUT2D eigenvalue weighted by Gasteiger charge is -2.57. The van der Waals surface area contributed by atoms with Crippen molar-refractivity contribution in [2.45, 2.75) is 64.1 Å². The zero-order chi connectivity index (χ0) is 21.4. The van der Waals surface area contributed by atoms with E-state index in [0.29, 0.717) is 40.3 Å². The molecule has 0 heterocycles. The van der Waals surface area contributed by atoms with E-state index < -0.39 is 0 Å². The first kappa shape index (κ1) is 21.4. The zero-order valence-corrected chi connectivity index (χ0v) is 19.6. The molecule has 0 saturated heterocycles. The monoisotopic (exact) mass is 459 g/mol. The highest BCUT2D eigenvalue weighted by atomic mass is 35.5. The van der Waals surface area contributed by atoms with E-state index in [2.05, 4.69) is 11.4 Å². The largest absolute Gasteiger partial charge is 0.490 e. The fraction of sp³-hybridized carbons (Fsp3) is 0.538. The van der Waals surface area contributed by atoms with Gasteiger partial charge in [-0.1, -0.05) is 41.4 Å². The van der Waals surface area contributed by atoms with Gasteiger partial charge in [0.15, 0.2) is 11.5 Å². The third kappa shape index (κ3) is 4.55. The molecule has 0 atom stereocenters. The molecule has 6 rings (SSSR count). The minimum absolute atomic E-state index is 0.326. The highest BCUT2D eigenvalue weighted by molar-refractivity contribution is 6.32. The molecule has 4 bridgehead atoms. The van der Waals surface area contributed by atoms with E-state index in [1.807, 2.05) is 37.3 Å². The Labute approximate surface area is 195 Å². The van der Waals surface area contributed by atoms with Gasteiger partial charge in [0, 0.05) is 22.7 Å². The summed E-state index contributed by atoms with van der Waals surface area (Å²) in [6.45, 7) is 3.71. The number of benzene rings is 2. The van der Waals surface area contributed by atoms with Crippen molar-refractivity contribution in [2.24, 2.45) is 17.8 Å². The predicted octanol–water partition coefficient (Wildman–Crippen LogP) is 7.03. The lowest BCUT2D eigenvalue weighted by atomic mass is 9.53. The van der Waals surface area contributed by atoms with Crippen LogP contribution < -0.4 is 14.8 Å². The molecule has 0 spiro atoms. The Hall–Kier alpha value is -1.42. The van der Waals surface area contributed by atoms with Crippen LogP contribution in [0, 0.1) is 17.8 Å². The van der Waals surface area contributed by atoms with Gasteiger partial charge in [0.25, 0.3) is 0 Å². The van der Waals surface area contributed by atoms with Crippen molar-refractivity contribution < 1.29 is 9.47 Å². The molecule has 2 aromatic rings. The van der Waals surface area contributed by atoms with Gasteiger partial charge in [0.1, 0.15) is 6.61 Å². The summed E-state index contributed by atoms with van der Waals surface area (Å²) in [5, 5.41) is 5.22. The van der Waals surface area contributed by atoms with Crippen molar-refractivity contribution in [2.75, 3.05) is 6.61 Å². The summed E-state index contributed by atoms with van der Waals surface area (Å²) < 4.78 is 12.0. The van der Waals surface area contributed by atoms with Gasteiger partial charge in [0.2, 0.25) is 0 Å². The molecule has 5 heteroatoms. The third-order valence-electron chi connectivity index (χ3n) is 7.40. The third-order valence-corrected chi connectivity index (χ3v) is 8.05.